The summed E-state index contributed by atoms with van der Waals surface area (Å²) in [5.41, 5.74) is 0.906. The van der Waals surface area contributed by atoms with Crippen molar-refractivity contribution in [3.63, 3.8) is 0 Å². The maximum absolute atomic E-state index is 13.9. The molecule has 2 unspecified atom stereocenters. The van der Waals surface area contributed by atoms with Gasteiger partial charge in [0, 0.05) is 6.04 Å². The van der Waals surface area contributed by atoms with Crippen LogP contribution < -0.4 is 0 Å². The van der Waals surface area contributed by atoms with Crippen molar-refractivity contribution in [2.45, 2.75) is 64.1 Å². The summed E-state index contributed by atoms with van der Waals surface area (Å²) in [5.74, 6) is -1.59. The van der Waals surface area contributed by atoms with Crippen LogP contribution in [0.3, 0.4) is 0 Å². The van der Waals surface area contributed by atoms with E-state index in [4.69, 9.17) is 4.74 Å². The van der Waals surface area contributed by atoms with E-state index in [1.54, 1.807) is 11.0 Å². The lowest BCUT2D eigenvalue weighted by Crippen LogP contribution is -2.45. The lowest BCUT2D eigenvalue weighted by Gasteiger charge is -2.35. The number of nitrogens with zero attached hydrogens (tertiary/aromatic N) is 1. The second-order valence-corrected chi connectivity index (χ2v) is 7.60. The van der Waals surface area contributed by atoms with Gasteiger partial charge in [0.25, 0.3) is 0 Å². The fraction of sp³-hybridized carbons (Fsp3) is 0.526. The normalized spacial score (nSPS) is 23.2. The Hall–Kier alpha value is -1.91. The number of benzene rings is 1. The minimum Gasteiger partial charge on any atom is -0.444 e. The van der Waals surface area contributed by atoms with E-state index >= 15 is 0 Å². The fourth-order valence-corrected chi connectivity index (χ4v) is 3.58. The summed E-state index contributed by atoms with van der Waals surface area (Å²) >= 11 is 0. The number of fused-ring (bicyclic) bond motifs is 2. The van der Waals surface area contributed by atoms with Crippen LogP contribution in [-0.2, 0) is 11.2 Å². The summed E-state index contributed by atoms with van der Waals surface area (Å²) in [6, 6.07) is 4.34. The molecule has 24 heavy (non-hydrogen) atoms. The Morgan fingerprint density at radius 2 is 2.04 bits per heavy atom. The first-order chi connectivity index (χ1) is 11.2. The van der Waals surface area contributed by atoms with Crippen LogP contribution in [0.1, 0.15) is 45.6 Å². The average molecular weight is 335 g/mol. The highest BCUT2D eigenvalue weighted by Crippen LogP contribution is 2.37. The van der Waals surface area contributed by atoms with Gasteiger partial charge in [-0.2, -0.15) is 0 Å². The third-order valence-electron chi connectivity index (χ3n) is 4.53. The Bertz CT molecular complexity index is 678. The third kappa shape index (κ3) is 3.45. The molecule has 1 fully saturated rings. The van der Waals surface area contributed by atoms with E-state index in [1.165, 1.54) is 6.07 Å². The Labute approximate surface area is 141 Å². The first-order valence-electron chi connectivity index (χ1n) is 8.38. The van der Waals surface area contributed by atoms with Gasteiger partial charge in [0.1, 0.15) is 5.60 Å². The smallest absolute Gasteiger partial charge is 0.411 e. The van der Waals surface area contributed by atoms with Crippen molar-refractivity contribution in [2.75, 3.05) is 0 Å². The summed E-state index contributed by atoms with van der Waals surface area (Å²) in [4.78, 5) is 14.2. The molecule has 1 aromatic rings. The lowest BCUT2D eigenvalue weighted by molar-refractivity contribution is 0.0166. The Balaban J connectivity index is 1.75. The summed E-state index contributed by atoms with van der Waals surface area (Å²) < 4.78 is 32.7. The summed E-state index contributed by atoms with van der Waals surface area (Å²) in [6.45, 7) is 5.56. The molecule has 0 N–H and O–H groups in total. The van der Waals surface area contributed by atoms with E-state index in [9.17, 15) is 13.6 Å². The molecule has 0 aliphatic carbocycles. The van der Waals surface area contributed by atoms with Crippen molar-refractivity contribution < 1.29 is 18.3 Å². The first kappa shape index (κ1) is 16.9. The number of ether oxygens (including phenoxy) is 1. The fourth-order valence-electron chi connectivity index (χ4n) is 3.58. The zero-order valence-corrected chi connectivity index (χ0v) is 14.3. The average Bonchev–Trinajstić information content (AvgIpc) is 2.74. The van der Waals surface area contributed by atoms with E-state index in [-0.39, 0.29) is 18.2 Å². The molecular weight excluding hydrogens is 312 g/mol. The van der Waals surface area contributed by atoms with E-state index in [0.717, 1.165) is 24.5 Å². The van der Waals surface area contributed by atoms with E-state index < -0.39 is 17.2 Å². The molecule has 0 spiro atoms. The predicted octanol–water partition coefficient (Wildman–Crippen LogP) is 4.61. The predicted molar refractivity (Wildman–Crippen MR) is 87.6 cm³/mol. The molecule has 0 radical (unpaired) electrons. The highest BCUT2D eigenvalue weighted by molar-refractivity contribution is 5.70. The van der Waals surface area contributed by atoms with E-state index in [2.05, 4.69) is 0 Å². The molecule has 1 saturated heterocycles. The molecule has 0 aromatic heterocycles. The molecule has 5 heteroatoms. The number of hydrogen-bond donors (Lipinski definition) is 0. The molecule has 2 bridgehead atoms. The van der Waals surface area contributed by atoms with Crippen molar-refractivity contribution in [1.29, 1.82) is 0 Å². The lowest BCUT2D eigenvalue weighted by atomic mass is 9.95. The maximum Gasteiger partial charge on any atom is 0.411 e. The standard InChI is InChI=1S/C19H23F2NO2/c1-19(2,3)24-18(23)22-14-7-8-15(22)11-12(10-14)9-13-5-4-6-16(20)17(13)21/h4-6,10,14-15H,7-9,11H2,1-3H3. The molecular formula is C19H23F2NO2. The minimum atomic E-state index is -0.817. The van der Waals surface area contributed by atoms with Crippen molar-refractivity contribution in [1.82, 2.24) is 4.90 Å². The molecule has 3 nitrogen and oxygen atoms in total. The van der Waals surface area contributed by atoms with Crippen molar-refractivity contribution in [2.24, 2.45) is 0 Å². The molecule has 2 aliphatic heterocycles. The quantitative estimate of drug-likeness (QED) is 0.739. The van der Waals surface area contributed by atoms with Crippen LogP contribution in [0.5, 0.6) is 0 Å². The molecule has 3 rings (SSSR count). The third-order valence-corrected chi connectivity index (χ3v) is 4.53. The minimum absolute atomic E-state index is 0.00906. The van der Waals surface area contributed by atoms with Crippen molar-refractivity contribution >= 4 is 6.09 Å². The molecule has 2 atom stereocenters. The van der Waals surface area contributed by atoms with Gasteiger partial charge in [-0.05, 0) is 58.1 Å². The van der Waals surface area contributed by atoms with Crippen LogP contribution >= 0.6 is 0 Å². The molecule has 2 aliphatic rings. The van der Waals surface area contributed by atoms with Crippen LogP contribution in [0.2, 0.25) is 0 Å². The zero-order chi connectivity index (χ0) is 17.5. The van der Waals surface area contributed by atoms with Gasteiger partial charge in [0.15, 0.2) is 11.6 Å². The topological polar surface area (TPSA) is 29.5 Å². The molecule has 130 valence electrons. The Morgan fingerprint density at radius 3 is 2.71 bits per heavy atom. The number of hydrogen-bond acceptors (Lipinski definition) is 2. The van der Waals surface area contributed by atoms with Gasteiger partial charge >= 0.3 is 6.09 Å². The highest BCUT2D eigenvalue weighted by atomic mass is 19.2. The molecule has 0 saturated carbocycles. The van der Waals surface area contributed by atoms with Gasteiger partial charge in [-0.25, -0.2) is 13.6 Å². The zero-order valence-electron chi connectivity index (χ0n) is 14.3. The summed E-state index contributed by atoms with van der Waals surface area (Å²) in [5, 5.41) is 0. The van der Waals surface area contributed by atoms with Crippen LogP contribution in [0.4, 0.5) is 13.6 Å². The number of rotatable bonds is 2. The van der Waals surface area contributed by atoms with Gasteiger partial charge in [-0.3, -0.25) is 4.90 Å². The largest absolute Gasteiger partial charge is 0.444 e. The molecule has 1 aromatic carbocycles. The number of halogens is 2. The second kappa shape index (κ2) is 6.19. The second-order valence-electron chi connectivity index (χ2n) is 7.60. The van der Waals surface area contributed by atoms with Gasteiger partial charge < -0.3 is 4.74 Å². The van der Waals surface area contributed by atoms with Gasteiger partial charge in [0.05, 0.1) is 6.04 Å². The van der Waals surface area contributed by atoms with Crippen LogP contribution in [0, 0.1) is 11.6 Å². The monoisotopic (exact) mass is 335 g/mol. The van der Waals surface area contributed by atoms with Crippen molar-refractivity contribution in [3.05, 3.63) is 47.0 Å². The maximum atomic E-state index is 13.9. The van der Waals surface area contributed by atoms with E-state index in [0.29, 0.717) is 18.4 Å². The van der Waals surface area contributed by atoms with Crippen LogP contribution in [-0.4, -0.2) is 28.7 Å². The van der Waals surface area contributed by atoms with E-state index in [1.807, 2.05) is 26.8 Å². The summed E-state index contributed by atoms with van der Waals surface area (Å²) in [7, 11) is 0. The van der Waals surface area contributed by atoms with Gasteiger partial charge in [0.2, 0.25) is 0 Å². The first-order valence-corrected chi connectivity index (χ1v) is 8.38. The number of amides is 1. The van der Waals surface area contributed by atoms with Gasteiger partial charge in [-0.15, -0.1) is 0 Å². The van der Waals surface area contributed by atoms with Crippen molar-refractivity contribution in [3.8, 4) is 0 Å². The van der Waals surface area contributed by atoms with Gasteiger partial charge in [-0.1, -0.05) is 23.8 Å². The SMILES string of the molecule is CC(C)(C)OC(=O)N1C2C=C(Cc3cccc(F)c3F)CC1CC2. The Morgan fingerprint density at radius 1 is 1.29 bits per heavy atom. The summed E-state index contributed by atoms with van der Waals surface area (Å²) in [6.07, 6.45) is 4.61. The molecule has 1 amide bonds. The van der Waals surface area contributed by atoms with Crippen LogP contribution in [0.15, 0.2) is 29.8 Å². The number of carbonyl (C=O) groups excluding carboxylic acids is 1. The van der Waals surface area contributed by atoms with Crippen LogP contribution in [0.25, 0.3) is 0 Å². The Kier molecular flexibility index (Phi) is 4.37. The molecule has 2 heterocycles. The number of carbonyl (C=O) groups is 1. The highest BCUT2D eigenvalue weighted by Gasteiger charge is 2.41.